The molecule has 0 saturated carbocycles. The molecule has 2 aliphatic rings. The SMILES string of the molecule is COc1cccc([C@H]2C3=C(COC3=O)Nc3n[nH]c(C)c32)c1O. The number of nitrogens with one attached hydrogen (secondary N) is 2. The van der Waals surface area contributed by atoms with Crippen LogP contribution in [0.1, 0.15) is 22.7 Å². The van der Waals surface area contributed by atoms with Crippen molar-refractivity contribution in [2.45, 2.75) is 12.8 Å². The van der Waals surface area contributed by atoms with Crippen molar-refractivity contribution in [3.63, 3.8) is 0 Å². The van der Waals surface area contributed by atoms with Crippen molar-refractivity contribution in [3.05, 3.63) is 46.3 Å². The lowest BCUT2D eigenvalue weighted by molar-refractivity contribution is -0.136. The first-order valence-electron chi connectivity index (χ1n) is 7.19. The Balaban J connectivity index is 1.98. The number of carbonyl (C=O) groups is 1. The van der Waals surface area contributed by atoms with Gasteiger partial charge in [-0.2, -0.15) is 5.10 Å². The van der Waals surface area contributed by atoms with Crippen molar-refractivity contribution in [3.8, 4) is 11.5 Å². The minimum atomic E-state index is -0.454. The zero-order valence-electron chi connectivity index (χ0n) is 12.6. The maximum Gasteiger partial charge on any atom is 0.337 e. The number of fused-ring (bicyclic) bond motifs is 1. The van der Waals surface area contributed by atoms with E-state index in [-0.39, 0.29) is 18.3 Å². The molecule has 0 aliphatic carbocycles. The fourth-order valence-corrected chi connectivity index (χ4v) is 3.23. The predicted molar refractivity (Wildman–Crippen MR) is 81.4 cm³/mol. The van der Waals surface area contributed by atoms with E-state index in [1.165, 1.54) is 7.11 Å². The molecule has 3 N–H and O–H groups in total. The van der Waals surface area contributed by atoms with Gasteiger partial charge in [0.1, 0.15) is 6.61 Å². The van der Waals surface area contributed by atoms with Crippen LogP contribution >= 0.6 is 0 Å². The summed E-state index contributed by atoms with van der Waals surface area (Å²) >= 11 is 0. The summed E-state index contributed by atoms with van der Waals surface area (Å²) in [6.45, 7) is 2.06. The molecule has 1 atom stereocenters. The Morgan fingerprint density at radius 1 is 1.43 bits per heavy atom. The number of phenols is 1. The molecule has 118 valence electrons. The number of aromatic nitrogens is 2. The van der Waals surface area contributed by atoms with Gasteiger partial charge in [0.15, 0.2) is 17.3 Å². The Morgan fingerprint density at radius 2 is 2.26 bits per heavy atom. The number of aromatic amines is 1. The minimum Gasteiger partial charge on any atom is -0.504 e. The third-order valence-corrected chi connectivity index (χ3v) is 4.29. The molecule has 0 fully saturated rings. The summed E-state index contributed by atoms with van der Waals surface area (Å²) in [6.07, 6.45) is 0. The van der Waals surface area contributed by atoms with Gasteiger partial charge in [0.25, 0.3) is 0 Å². The number of nitrogens with zero attached hydrogens (tertiary/aromatic N) is 1. The molecule has 7 nitrogen and oxygen atoms in total. The molecule has 0 saturated heterocycles. The molecule has 1 aromatic heterocycles. The number of phenolic OH excluding ortho intramolecular Hbond substituents is 1. The second-order valence-electron chi connectivity index (χ2n) is 5.54. The molecular formula is C16H15N3O4. The zero-order chi connectivity index (χ0) is 16.1. The standard InChI is InChI=1S/C16H15N3O4/c1-7-11-12(8-4-3-5-10(22-2)14(8)20)13-9(6-23-16(13)21)17-15(11)19-18-7/h3-5,12,20H,6H2,1-2H3,(H2,17,18,19)/t12-/m1/s1. The second kappa shape index (κ2) is 4.77. The van der Waals surface area contributed by atoms with Gasteiger partial charge in [-0.3, -0.25) is 5.10 Å². The summed E-state index contributed by atoms with van der Waals surface area (Å²) in [5.41, 5.74) is 3.42. The highest BCUT2D eigenvalue weighted by atomic mass is 16.5. The second-order valence-corrected chi connectivity index (χ2v) is 5.54. The van der Waals surface area contributed by atoms with Crippen LogP contribution < -0.4 is 10.1 Å². The van der Waals surface area contributed by atoms with Gasteiger partial charge in [-0.15, -0.1) is 0 Å². The molecule has 23 heavy (non-hydrogen) atoms. The number of esters is 1. The molecule has 2 aromatic rings. The topological polar surface area (TPSA) is 96.5 Å². The van der Waals surface area contributed by atoms with E-state index >= 15 is 0 Å². The monoisotopic (exact) mass is 313 g/mol. The van der Waals surface area contributed by atoms with Crippen molar-refractivity contribution >= 4 is 11.8 Å². The first-order valence-corrected chi connectivity index (χ1v) is 7.19. The van der Waals surface area contributed by atoms with Gasteiger partial charge in [-0.1, -0.05) is 12.1 Å². The Labute approximate surface area is 131 Å². The molecule has 0 amide bonds. The van der Waals surface area contributed by atoms with Gasteiger partial charge in [-0.25, -0.2) is 4.79 Å². The van der Waals surface area contributed by atoms with Crippen LogP contribution in [0.4, 0.5) is 5.82 Å². The van der Waals surface area contributed by atoms with Crippen LogP contribution in [0, 0.1) is 6.92 Å². The molecule has 1 aromatic carbocycles. The number of carbonyl (C=O) groups excluding carboxylic acids is 1. The third kappa shape index (κ3) is 1.82. The predicted octanol–water partition coefficient (Wildman–Crippen LogP) is 1.80. The maximum absolute atomic E-state index is 12.2. The molecule has 0 radical (unpaired) electrons. The first-order chi connectivity index (χ1) is 11.1. The average Bonchev–Trinajstić information content (AvgIpc) is 3.10. The van der Waals surface area contributed by atoms with Gasteiger partial charge in [0.2, 0.25) is 0 Å². The minimum absolute atomic E-state index is 0.0139. The Bertz CT molecular complexity index is 853. The van der Waals surface area contributed by atoms with Crippen molar-refractivity contribution in [2.75, 3.05) is 19.0 Å². The Morgan fingerprint density at radius 3 is 3.04 bits per heavy atom. The van der Waals surface area contributed by atoms with E-state index < -0.39 is 5.92 Å². The van der Waals surface area contributed by atoms with Crippen molar-refractivity contribution in [2.24, 2.45) is 0 Å². The largest absolute Gasteiger partial charge is 0.504 e. The molecule has 4 rings (SSSR count). The highest BCUT2D eigenvalue weighted by Gasteiger charge is 2.41. The summed E-state index contributed by atoms with van der Waals surface area (Å²) < 4.78 is 10.4. The van der Waals surface area contributed by atoms with Gasteiger partial charge in [0.05, 0.1) is 24.3 Å². The Hall–Kier alpha value is -2.96. The van der Waals surface area contributed by atoms with Gasteiger partial charge < -0.3 is 19.9 Å². The van der Waals surface area contributed by atoms with Crippen LogP contribution in [0.15, 0.2) is 29.5 Å². The summed E-state index contributed by atoms with van der Waals surface area (Å²) in [7, 11) is 1.49. The molecule has 0 unspecified atom stereocenters. The fourth-order valence-electron chi connectivity index (χ4n) is 3.23. The molecule has 0 spiro atoms. The molecule has 7 heteroatoms. The van der Waals surface area contributed by atoms with Crippen molar-refractivity contribution in [1.82, 2.24) is 10.2 Å². The average molecular weight is 313 g/mol. The van der Waals surface area contributed by atoms with Crippen LogP contribution in [0.5, 0.6) is 11.5 Å². The fraction of sp³-hybridized carbons (Fsp3) is 0.250. The number of methoxy groups -OCH3 is 1. The number of H-pyrrole nitrogens is 1. The van der Waals surface area contributed by atoms with E-state index in [4.69, 9.17) is 9.47 Å². The number of para-hydroxylation sites is 1. The summed E-state index contributed by atoms with van der Waals surface area (Å²) in [5, 5.41) is 20.9. The van der Waals surface area contributed by atoms with Gasteiger partial charge in [0, 0.05) is 16.8 Å². The van der Waals surface area contributed by atoms with E-state index in [0.29, 0.717) is 28.4 Å². The zero-order valence-corrected chi connectivity index (χ0v) is 12.6. The lowest BCUT2D eigenvalue weighted by Gasteiger charge is -2.25. The smallest absolute Gasteiger partial charge is 0.337 e. The van der Waals surface area contributed by atoms with E-state index in [9.17, 15) is 9.90 Å². The van der Waals surface area contributed by atoms with E-state index in [1.807, 2.05) is 6.92 Å². The highest BCUT2D eigenvalue weighted by Crippen LogP contribution is 2.48. The number of rotatable bonds is 2. The normalized spacial score (nSPS) is 19.0. The quantitative estimate of drug-likeness (QED) is 0.732. The van der Waals surface area contributed by atoms with Crippen molar-refractivity contribution in [1.29, 1.82) is 0 Å². The number of ether oxygens (including phenoxy) is 2. The number of hydrogen-bond acceptors (Lipinski definition) is 6. The van der Waals surface area contributed by atoms with Crippen LogP contribution in [-0.2, 0) is 9.53 Å². The molecule has 3 heterocycles. The summed E-state index contributed by atoms with van der Waals surface area (Å²) in [5.74, 6) is 0.181. The number of benzene rings is 1. The maximum atomic E-state index is 12.2. The number of anilines is 1. The Kier molecular flexibility index (Phi) is 2.84. The summed E-state index contributed by atoms with van der Waals surface area (Å²) in [6, 6.07) is 5.23. The van der Waals surface area contributed by atoms with Gasteiger partial charge in [-0.05, 0) is 13.0 Å². The van der Waals surface area contributed by atoms with Crippen LogP contribution in [0.25, 0.3) is 0 Å². The van der Waals surface area contributed by atoms with E-state index in [1.54, 1.807) is 18.2 Å². The number of aromatic hydroxyl groups is 1. The van der Waals surface area contributed by atoms with E-state index in [0.717, 1.165) is 11.3 Å². The highest BCUT2D eigenvalue weighted by molar-refractivity contribution is 5.97. The van der Waals surface area contributed by atoms with Crippen LogP contribution in [0.3, 0.4) is 0 Å². The van der Waals surface area contributed by atoms with Crippen molar-refractivity contribution < 1.29 is 19.4 Å². The number of hydrogen-bond donors (Lipinski definition) is 3. The van der Waals surface area contributed by atoms with E-state index in [2.05, 4.69) is 15.5 Å². The van der Waals surface area contributed by atoms with Crippen LogP contribution in [-0.4, -0.2) is 35.0 Å². The third-order valence-electron chi connectivity index (χ3n) is 4.29. The lowest BCUT2D eigenvalue weighted by Crippen LogP contribution is -2.20. The molecule has 2 aliphatic heterocycles. The number of cyclic esters (lactones) is 1. The summed E-state index contributed by atoms with van der Waals surface area (Å²) in [4.78, 5) is 12.2. The lowest BCUT2D eigenvalue weighted by atomic mass is 9.81. The first kappa shape index (κ1) is 13.7. The number of aryl methyl sites for hydroxylation is 1. The molecule has 0 bridgehead atoms. The van der Waals surface area contributed by atoms with Gasteiger partial charge >= 0.3 is 5.97 Å². The van der Waals surface area contributed by atoms with Crippen LogP contribution in [0.2, 0.25) is 0 Å². The molecular weight excluding hydrogens is 298 g/mol.